The quantitative estimate of drug-likeness (QED) is 0.654. The molecule has 2 aromatic rings. The van der Waals surface area contributed by atoms with Gasteiger partial charge in [0.05, 0.1) is 11.9 Å². The minimum Gasteiger partial charge on any atom is -0.545 e. The van der Waals surface area contributed by atoms with Gasteiger partial charge in [0.15, 0.2) is 0 Å². The number of aromatic nitrogens is 3. The predicted molar refractivity (Wildman–Crippen MR) is 51.5 cm³/mol. The summed E-state index contributed by atoms with van der Waals surface area (Å²) in [6, 6.07) is 4.81. The molecule has 88 valence electrons. The molecule has 0 unspecified atom stereocenters. The van der Waals surface area contributed by atoms with E-state index in [1.165, 1.54) is 30.9 Å². The first-order valence-corrected chi connectivity index (χ1v) is 4.42. The number of carbonyl (C=O) groups excluding carboxylic acids is 2. The van der Waals surface area contributed by atoms with Crippen molar-refractivity contribution in [2.45, 2.75) is 0 Å². The minimum atomic E-state index is -1.40. The second-order valence-electron chi connectivity index (χ2n) is 2.81. The van der Waals surface area contributed by atoms with Gasteiger partial charge < -0.3 is 19.8 Å². The summed E-state index contributed by atoms with van der Waals surface area (Å²) in [5.41, 5.74) is -0.339. The van der Waals surface area contributed by atoms with E-state index in [0.29, 0.717) is 0 Å². The Morgan fingerprint density at radius 3 is 1.94 bits per heavy atom. The van der Waals surface area contributed by atoms with E-state index < -0.39 is 11.9 Å². The first-order chi connectivity index (χ1) is 8.11. The molecule has 18 heavy (non-hydrogen) atoms. The number of carboxylic acid groups (broad SMARTS) is 2. The van der Waals surface area contributed by atoms with E-state index in [-0.39, 0.29) is 30.6 Å². The van der Waals surface area contributed by atoms with Crippen molar-refractivity contribution in [1.82, 2.24) is 15.2 Å². The molecule has 0 atom stereocenters. The van der Waals surface area contributed by atoms with Gasteiger partial charge in [-0.05, 0) is 17.2 Å². The zero-order chi connectivity index (χ0) is 12.7. The third-order valence-corrected chi connectivity index (χ3v) is 1.67. The number of aromatic amines is 1. The molecule has 2 rings (SSSR count). The van der Waals surface area contributed by atoms with Crippen LogP contribution in [0.2, 0.25) is 0 Å². The molecule has 0 aliphatic heterocycles. The van der Waals surface area contributed by atoms with E-state index in [0.717, 1.165) is 6.07 Å². The topological polar surface area (TPSA) is 122 Å². The molecule has 0 aliphatic rings. The van der Waals surface area contributed by atoms with Gasteiger partial charge in [0.1, 0.15) is 12.7 Å². The standard InChI is InChI=1S/C8H6O4.C2H3N3.Zn/c9-7(10)5-2-1-3-6(4-5)8(11)12;1-3-2-5-4-1;/h1-4H,(H,9,10)(H,11,12);1-2H,(H,3,4,5);/q;;+2/p-2. The first-order valence-electron chi connectivity index (χ1n) is 4.42. The van der Waals surface area contributed by atoms with Crippen LogP contribution in [0.1, 0.15) is 20.7 Å². The van der Waals surface area contributed by atoms with Gasteiger partial charge in [-0.15, -0.1) is 0 Å². The molecule has 8 heteroatoms. The fourth-order valence-corrected chi connectivity index (χ4v) is 0.940. The zero-order valence-corrected chi connectivity index (χ0v) is 12.2. The molecular weight excluding hydrogens is 292 g/mol. The number of H-pyrrole nitrogens is 1. The van der Waals surface area contributed by atoms with Crippen LogP contribution in [0.3, 0.4) is 0 Å². The number of rotatable bonds is 2. The molecule has 7 nitrogen and oxygen atoms in total. The van der Waals surface area contributed by atoms with Crippen molar-refractivity contribution in [1.29, 1.82) is 0 Å². The van der Waals surface area contributed by atoms with Crippen LogP contribution < -0.4 is 10.2 Å². The minimum absolute atomic E-state index is 0. The van der Waals surface area contributed by atoms with Crippen molar-refractivity contribution in [2.24, 2.45) is 0 Å². The van der Waals surface area contributed by atoms with Crippen LogP contribution in [0, 0.1) is 0 Å². The van der Waals surface area contributed by atoms with Crippen molar-refractivity contribution in [2.75, 3.05) is 0 Å². The Balaban J connectivity index is 0.000000405. The van der Waals surface area contributed by atoms with Crippen molar-refractivity contribution in [3.8, 4) is 0 Å². The second kappa shape index (κ2) is 8.08. The third kappa shape index (κ3) is 5.31. The summed E-state index contributed by atoms with van der Waals surface area (Å²) >= 11 is 0. The molecule has 0 aliphatic carbocycles. The van der Waals surface area contributed by atoms with Crippen LogP contribution >= 0.6 is 0 Å². The number of aromatic carboxylic acids is 2. The Bertz CT molecular complexity index is 455. The van der Waals surface area contributed by atoms with E-state index in [9.17, 15) is 19.8 Å². The van der Waals surface area contributed by atoms with Gasteiger partial charge in [-0.2, -0.15) is 5.10 Å². The molecule has 1 heterocycles. The summed E-state index contributed by atoms with van der Waals surface area (Å²) in [6.07, 6.45) is 2.96. The molecule has 1 aromatic heterocycles. The Morgan fingerprint density at radius 1 is 1.11 bits per heavy atom. The number of hydrogen-bond donors (Lipinski definition) is 1. The van der Waals surface area contributed by atoms with Crippen LogP contribution in [0.15, 0.2) is 36.9 Å². The molecule has 0 bridgehead atoms. The fraction of sp³-hybridized carbons (Fsp3) is 0. The molecule has 0 saturated carbocycles. The van der Waals surface area contributed by atoms with E-state index in [2.05, 4.69) is 15.2 Å². The average molecular weight is 299 g/mol. The second-order valence-corrected chi connectivity index (χ2v) is 2.81. The molecule has 1 aromatic carbocycles. The van der Waals surface area contributed by atoms with Gasteiger partial charge in [0.25, 0.3) is 0 Å². The van der Waals surface area contributed by atoms with Gasteiger partial charge in [-0.1, -0.05) is 18.2 Å². The van der Waals surface area contributed by atoms with E-state index in [1.807, 2.05) is 0 Å². The summed E-state index contributed by atoms with van der Waals surface area (Å²) < 4.78 is 0. The number of carboxylic acids is 2. The third-order valence-electron chi connectivity index (χ3n) is 1.67. The number of hydrogen-bond acceptors (Lipinski definition) is 6. The van der Waals surface area contributed by atoms with E-state index in [1.54, 1.807) is 0 Å². The predicted octanol–water partition coefficient (Wildman–Crippen LogP) is -1.78. The monoisotopic (exact) mass is 297 g/mol. The van der Waals surface area contributed by atoms with E-state index in [4.69, 9.17) is 0 Å². The van der Waals surface area contributed by atoms with Crippen molar-refractivity contribution in [3.05, 3.63) is 48.0 Å². The smallest absolute Gasteiger partial charge is 0.545 e. The summed E-state index contributed by atoms with van der Waals surface area (Å²) in [4.78, 5) is 24.1. The van der Waals surface area contributed by atoms with Gasteiger partial charge in [-0.3, -0.25) is 5.10 Å². The molecular formula is C10H7N3O4Zn. The fourth-order valence-electron chi connectivity index (χ4n) is 0.940. The normalized spacial score (nSPS) is 8.44. The summed E-state index contributed by atoms with van der Waals surface area (Å²) in [5, 5.41) is 26.5. The summed E-state index contributed by atoms with van der Waals surface area (Å²) in [5.74, 6) is -2.81. The maximum absolute atomic E-state index is 10.3. The SMILES string of the molecule is O=C([O-])c1cccc(C(=O)[O-])c1.[Zn+2].c1nc[nH]n1. The molecule has 0 fully saturated rings. The van der Waals surface area contributed by atoms with Crippen LogP contribution in [0.25, 0.3) is 0 Å². The van der Waals surface area contributed by atoms with Crippen LogP contribution in [0.4, 0.5) is 0 Å². The number of nitrogens with zero attached hydrogens (tertiary/aromatic N) is 2. The van der Waals surface area contributed by atoms with Crippen LogP contribution in [-0.2, 0) is 19.5 Å². The molecule has 0 saturated heterocycles. The van der Waals surface area contributed by atoms with Crippen molar-refractivity contribution < 1.29 is 39.3 Å². The molecule has 0 amide bonds. The molecule has 1 N–H and O–H groups in total. The Kier molecular flexibility index (Phi) is 7.15. The average Bonchev–Trinajstić information content (AvgIpc) is 2.87. The Labute approximate surface area is 115 Å². The van der Waals surface area contributed by atoms with Crippen molar-refractivity contribution in [3.63, 3.8) is 0 Å². The Morgan fingerprint density at radius 2 is 1.67 bits per heavy atom. The number of nitrogens with one attached hydrogen (secondary N) is 1. The Hall–Kier alpha value is -2.08. The van der Waals surface area contributed by atoms with Gasteiger partial charge >= 0.3 is 19.5 Å². The molecule has 0 radical (unpaired) electrons. The van der Waals surface area contributed by atoms with Crippen LogP contribution in [-0.4, -0.2) is 27.1 Å². The largest absolute Gasteiger partial charge is 2.00 e. The van der Waals surface area contributed by atoms with Gasteiger partial charge in [0, 0.05) is 0 Å². The summed E-state index contributed by atoms with van der Waals surface area (Å²) in [7, 11) is 0. The maximum atomic E-state index is 10.3. The summed E-state index contributed by atoms with van der Waals surface area (Å²) in [6.45, 7) is 0. The molecule has 0 spiro atoms. The van der Waals surface area contributed by atoms with E-state index >= 15 is 0 Å². The van der Waals surface area contributed by atoms with Gasteiger partial charge in [0.2, 0.25) is 0 Å². The van der Waals surface area contributed by atoms with Crippen LogP contribution in [0.5, 0.6) is 0 Å². The van der Waals surface area contributed by atoms with Crippen molar-refractivity contribution >= 4 is 11.9 Å². The zero-order valence-electron chi connectivity index (χ0n) is 9.20. The van der Waals surface area contributed by atoms with Gasteiger partial charge in [-0.25, -0.2) is 4.98 Å². The first kappa shape index (κ1) is 15.9. The number of benzene rings is 1. The number of carbonyl (C=O) groups is 2. The maximum Gasteiger partial charge on any atom is 2.00 e.